The van der Waals surface area contributed by atoms with Gasteiger partial charge in [-0.3, -0.25) is 4.39 Å². The molecule has 0 fully saturated rings. The maximum absolute atomic E-state index is 13.1. The summed E-state index contributed by atoms with van der Waals surface area (Å²) in [5.74, 6) is 0.265. The fourth-order valence-electron chi connectivity index (χ4n) is 0.871. The lowest BCUT2D eigenvalue weighted by molar-refractivity contribution is 0.489. The summed E-state index contributed by atoms with van der Waals surface area (Å²) in [7, 11) is 0. The van der Waals surface area contributed by atoms with Crippen molar-refractivity contribution >= 4 is 17.4 Å². The lowest BCUT2D eigenvalue weighted by atomic mass is 10.3. The van der Waals surface area contributed by atoms with Crippen LogP contribution < -0.4 is 5.73 Å². The van der Waals surface area contributed by atoms with E-state index in [9.17, 15) is 8.78 Å². The highest BCUT2D eigenvalue weighted by Crippen LogP contribution is 2.23. The summed E-state index contributed by atoms with van der Waals surface area (Å²) in [5.41, 5.74) is 5.78. The quantitative estimate of drug-likeness (QED) is 0.462. The molecule has 0 atom stereocenters. The van der Waals surface area contributed by atoms with Gasteiger partial charge in [0.05, 0.1) is 6.67 Å². The van der Waals surface area contributed by atoms with Crippen molar-refractivity contribution in [2.75, 3.05) is 18.2 Å². The van der Waals surface area contributed by atoms with Crippen molar-refractivity contribution in [3.05, 3.63) is 24.0 Å². The molecule has 0 aliphatic carbocycles. The van der Waals surface area contributed by atoms with Crippen LogP contribution in [0.4, 0.5) is 14.5 Å². The van der Waals surface area contributed by atoms with E-state index in [0.717, 1.165) is 0 Å². The first-order valence-corrected chi connectivity index (χ1v) is 4.96. The smallest absolute Gasteiger partial charge is 0.138 e. The van der Waals surface area contributed by atoms with Gasteiger partial charge in [0.2, 0.25) is 0 Å². The van der Waals surface area contributed by atoms with Crippen molar-refractivity contribution in [1.82, 2.24) is 0 Å². The van der Waals surface area contributed by atoms with Gasteiger partial charge in [0.15, 0.2) is 0 Å². The highest BCUT2D eigenvalue weighted by atomic mass is 32.2. The predicted molar refractivity (Wildman–Crippen MR) is 52.1 cm³/mol. The molecule has 0 aliphatic heterocycles. The SMILES string of the molecule is Nc1ccc(SCCCF)c(F)c1. The van der Waals surface area contributed by atoms with Crippen LogP contribution >= 0.6 is 11.8 Å². The number of rotatable bonds is 4. The molecule has 0 bridgehead atoms. The number of anilines is 1. The highest BCUT2D eigenvalue weighted by Gasteiger charge is 2.02. The Morgan fingerprint density at radius 3 is 2.77 bits per heavy atom. The molecular formula is C9H11F2NS. The van der Waals surface area contributed by atoms with E-state index in [1.165, 1.54) is 17.8 Å². The molecule has 1 aromatic rings. The summed E-state index contributed by atoms with van der Waals surface area (Å²) >= 11 is 1.31. The third-order valence-corrected chi connectivity index (χ3v) is 2.63. The molecule has 2 N–H and O–H groups in total. The van der Waals surface area contributed by atoms with Crippen LogP contribution in [0.15, 0.2) is 23.1 Å². The van der Waals surface area contributed by atoms with E-state index in [0.29, 0.717) is 22.8 Å². The number of alkyl halides is 1. The first-order chi connectivity index (χ1) is 6.24. The number of nitrogen functional groups attached to an aromatic ring is 1. The Morgan fingerprint density at radius 1 is 1.38 bits per heavy atom. The van der Waals surface area contributed by atoms with Gasteiger partial charge in [0, 0.05) is 16.3 Å². The van der Waals surface area contributed by atoms with E-state index in [1.54, 1.807) is 12.1 Å². The molecular weight excluding hydrogens is 192 g/mol. The molecule has 0 saturated heterocycles. The van der Waals surface area contributed by atoms with Crippen LogP contribution in [0.3, 0.4) is 0 Å². The Balaban J connectivity index is 2.56. The van der Waals surface area contributed by atoms with Gasteiger partial charge >= 0.3 is 0 Å². The second-order valence-corrected chi connectivity index (χ2v) is 3.72. The average molecular weight is 203 g/mol. The summed E-state index contributed by atoms with van der Waals surface area (Å²) in [6.07, 6.45) is 0.453. The largest absolute Gasteiger partial charge is 0.399 e. The average Bonchev–Trinajstić information content (AvgIpc) is 2.09. The molecule has 1 nitrogen and oxygen atoms in total. The number of halogens is 2. The zero-order chi connectivity index (χ0) is 9.68. The van der Waals surface area contributed by atoms with Crippen molar-refractivity contribution < 1.29 is 8.78 Å². The first kappa shape index (κ1) is 10.3. The monoisotopic (exact) mass is 203 g/mol. The third-order valence-electron chi connectivity index (χ3n) is 1.49. The van der Waals surface area contributed by atoms with Crippen molar-refractivity contribution in [1.29, 1.82) is 0 Å². The van der Waals surface area contributed by atoms with Gasteiger partial charge in [0.1, 0.15) is 5.82 Å². The molecule has 4 heteroatoms. The van der Waals surface area contributed by atoms with Crippen LogP contribution in [-0.4, -0.2) is 12.4 Å². The molecule has 0 spiro atoms. The van der Waals surface area contributed by atoms with E-state index >= 15 is 0 Å². The van der Waals surface area contributed by atoms with Crippen LogP contribution in [-0.2, 0) is 0 Å². The zero-order valence-corrected chi connectivity index (χ0v) is 7.91. The summed E-state index contributed by atoms with van der Waals surface area (Å²) in [6, 6.07) is 4.53. The van der Waals surface area contributed by atoms with E-state index < -0.39 is 0 Å². The second-order valence-electron chi connectivity index (χ2n) is 2.58. The molecule has 0 unspecified atom stereocenters. The summed E-state index contributed by atoms with van der Waals surface area (Å²) < 4.78 is 24.8. The van der Waals surface area contributed by atoms with Gasteiger partial charge in [-0.2, -0.15) is 0 Å². The van der Waals surface area contributed by atoms with E-state index in [2.05, 4.69) is 0 Å². The normalized spacial score (nSPS) is 10.3. The Bertz CT molecular complexity index is 278. The van der Waals surface area contributed by atoms with E-state index in [-0.39, 0.29) is 12.5 Å². The van der Waals surface area contributed by atoms with Crippen molar-refractivity contribution in [3.8, 4) is 0 Å². The molecule has 1 aromatic carbocycles. The van der Waals surface area contributed by atoms with Gasteiger partial charge < -0.3 is 5.73 Å². The second kappa shape index (κ2) is 5.07. The van der Waals surface area contributed by atoms with E-state index in [4.69, 9.17) is 5.73 Å². The Hall–Kier alpha value is -0.770. The Morgan fingerprint density at radius 2 is 2.15 bits per heavy atom. The minimum Gasteiger partial charge on any atom is -0.399 e. The molecule has 72 valence electrons. The molecule has 1 rings (SSSR count). The number of nitrogens with two attached hydrogens (primary N) is 1. The van der Waals surface area contributed by atoms with E-state index in [1.807, 2.05) is 0 Å². The predicted octanol–water partition coefficient (Wildman–Crippen LogP) is 2.86. The van der Waals surface area contributed by atoms with Gasteiger partial charge in [-0.25, -0.2) is 4.39 Å². The van der Waals surface area contributed by atoms with Crippen LogP contribution in [0.5, 0.6) is 0 Å². The summed E-state index contributed by atoms with van der Waals surface area (Å²) in [5, 5.41) is 0. The highest BCUT2D eigenvalue weighted by molar-refractivity contribution is 7.99. The number of hydrogen-bond donors (Lipinski definition) is 1. The fourth-order valence-corrected chi connectivity index (χ4v) is 1.71. The molecule has 0 aromatic heterocycles. The summed E-state index contributed by atoms with van der Waals surface area (Å²) in [4.78, 5) is 0.530. The molecule has 0 aliphatic rings. The number of hydrogen-bond acceptors (Lipinski definition) is 2. The van der Waals surface area contributed by atoms with Gasteiger partial charge in [-0.15, -0.1) is 11.8 Å². The van der Waals surface area contributed by atoms with Gasteiger partial charge in [-0.1, -0.05) is 0 Å². The molecule has 0 heterocycles. The minimum absolute atomic E-state index is 0.330. The van der Waals surface area contributed by atoms with Crippen molar-refractivity contribution in [2.24, 2.45) is 0 Å². The zero-order valence-electron chi connectivity index (χ0n) is 7.09. The fraction of sp³-hybridized carbons (Fsp3) is 0.333. The number of benzene rings is 1. The lowest BCUT2D eigenvalue weighted by Gasteiger charge is -2.02. The van der Waals surface area contributed by atoms with Gasteiger partial charge in [0.25, 0.3) is 0 Å². The molecule has 0 radical (unpaired) electrons. The van der Waals surface area contributed by atoms with Gasteiger partial charge in [-0.05, 0) is 24.6 Å². The maximum Gasteiger partial charge on any atom is 0.138 e. The van der Waals surface area contributed by atoms with Crippen LogP contribution in [0.25, 0.3) is 0 Å². The van der Waals surface area contributed by atoms with Crippen molar-refractivity contribution in [3.63, 3.8) is 0 Å². The minimum atomic E-state index is -0.358. The molecule has 0 saturated carbocycles. The summed E-state index contributed by atoms with van der Waals surface area (Å²) in [6.45, 7) is -0.358. The maximum atomic E-state index is 13.1. The topological polar surface area (TPSA) is 26.0 Å². The number of thioether (sulfide) groups is 1. The Labute approximate surface area is 80.3 Å². The lowest BCUT2D eigenvalue weighted by Crippen LogP contribution is -1.89. The van der Waals surface area contributed by atoms with Crippen LogP contribution in [0, 0.1) is 5.82 Å². The third kappa shape index (κ3) is 3.22. The standard InChI is InChI=1S/C9H11F2NS/c10-4-1-5-13-9-3-2-7(12)6-8(9)11/h2-3,6H,1,4-5,12H2. The van der Waals surface area contributed by atoms with Crippen molar-refractivity contribution in [2.45, 2.75) is 11.3 Å². The van der Waals surface area contributed by atoms with Crippen LogP contribution in [0.1, 0.15) is 6.42 Å². The molecule has 0 amide bonds. The first-order valence-electron chi connectivity index (χ1n) is 3.98. The molecule has 13 heavy (non-hydrogen) atoms. The Kier molecular flexibility index (Phi) is 4.02. The van der Waals surface area contributed by atoms with Crippen LogP contribution in [0.2, 0.25) is 0 Å².